The molecule has 0 bridgehead atoms. The van der Waals surface area contributed by atoms with Gasteiger partial charge in [0.25, 0.3) is 0 Å². The van der Waals surface area contributed by atoms with Gasteiger partial charge >= 0.3 is 0 Å². The highest BCUT2D eigenvalue weighted by Gasteiger charge is 2.27. The summed E-state index contributed by atoms with van der Waals surface area (Å²) in [6.45, 7) is 5.45. The summed E-state index contributed by atoms with van der Waals surface area (Å²) in [7, 11) is 0. The number of hydrogen-bond donors (Lipinski definition) is 1. The highest BCUT2D eigenvalue weighted by Crippen LogP contribution is 2.29. The molecule has 31 heavy (non-hydrogen) atoms. The number of pyridine rings is 1. The van der Waals surface area contributed by atoms with Crippen LogP contribution in [0.25, 0.3) is 11.4 Å². The first-order chi connectivity index (χ1) is 14.9. The number of aromatic nitrogens is 3. The van der Waals surface area contributed by atoms with E-state index in [1.807, 2.05) is 26.0 Å². The average Bonchev–Trinajstić information content (AvgIpc) is 2.79. The Kier molecular flexibility index (Phi) is 6.13. The van der Waals surface area contributed by atoms with E-state index in [1.54, 1.807) is 12.4 Å². The number of amides is 1. The molecule has 3 aromatic rings. The molecule has 160 valence electrons. The van der Waals surface area contributed by atoms with Gasteiger partial charge in [0, 0.05) is 53.9 Å². The summed E-state index contributed by atoms with van der Waals surface area (Å²) in [4.78, 5) is 28.4. The first-order valence-corrected chi connectivity index (χ1v) is 10.6. The molecule has 1 aromatic carbocycles. The second kappa shape index (κ2) is 8.98. The van der Waals surface area contributed by atoms with Crippen molar-refractivity contribution in [3.63, 3.8) is 0 Å². The van der Waals surface area contributed by atoms with Crippen molar-refractivity contribution in [1.82, 2.24) is 15.0 Å². The third-order valence-electron chi connectivity index (χ3n) is 5.65. The highest BCUT2D eigenvalue weighted by molar-refractivity contribution is 6.31. The molecule has 8 heteroatoms. The van der Waals surface area contributed by atoms with Crippen LogP contribution in [-0.2, 0) is 4.79 Å². The van der Waals surface area contributed by atoms with Crippen LogP contribution in [0.2, 0.25) is 5.02 Å². The van der Waals surface area contributed by atoms with Crippen LogP contribution in [0.3, 0.4) is 0 Å². The molecule has 0 aliphatic carbocycles. The van der Waals surface area contributed by atoms with E-state index >= 15 is 0 Å². The third-order valence-corrected chi connectivity index (χ3v) is 5.94. The van der Waals surface area contributed by atoms with Gasteiger partial charge in [0.1, 0.15) is 11.6 Å². The lowest BCUT2D eigenvalue weighted by Crippen LogP contribution is -2.39. The van der Waals surface area contributed by atoms with E-state index in [9.17, 15) is 9.18 Å². The number of carbonyl (C=O) groups excluding carboxylic acids is 1. The fourth-order valence-electron chi connectivity index (χ4n) is 3.72. The van der Waals surface area contributed by atoms with E-state index < -0.39 is 5.82 Å². The quantitative estimate of drug-likeness (QED) is 0.632. The van der Waals surface area contributed by atoms with Crippen molar-refractivity contribution in [3.05, 3.63) is 64.8 Å². The van der Waals surface area contributed by atoms with Gasteiger partial charge in [0.15, 0.2) is 5.82 Å². The highest BCUT2D eigenvalue weighted by atomic mass is 35.5. The second-order valence-corrected chi connectivity index (χ2v) is 8.10. The van der Waals surface area contributed by atoms with Gasteiger partial charge in [-0.3, -0.25) is 9.78 Å². The summed E-state index contributed by atoms with van der Waals surface area (Å²) in [5, 5.41) is 2.84. The van der Waals surface area contributed by atoms with Gasteiger partial charge < -0.3 is 10.2 Å². The molecule has 0 spiro atoms. The minimum absolute atomic E-state index is 0.00720. The van der Waals surface area contributed by atoms with Crippen LogP contribution in [0.1, 0.15) is 24.1 Å². The van der Waals surface area contributed by atoms with E-state index in [0.29, 0.717) is 24.4 Å². The summed E-state index contributed by atoms with van der Waals surface area (Å²) in [5.74, 6) is 0.880. The molecular formula is C23H23ClFN5O. The molecule has 4 rings (SSSR count). The number of nitrogens with zero attached hydrogens (tertiary/aromatic N) is 4. The van der Waals surface area contributed by atoms with E-state index in [4.69, 9.17) is 16.6 Å². The van der Waals surface area contributed by atoms with E-state index in [1.165, 1.54) is 18.2 Å². The molecule has 1 amide bonds. The number of hydrogen-bond acceptors (Lipinski definition) is 5. The van der Waals surface area contributed by atoms with Crippen LogP contribution in [-0.4, -0.2) is 33.9 Å². The number of benzene rings is 1. The number of halogens is 2. The Bertz CT molecular complexity index is 1100. The van der Waals surface area contributed by atoms with Crippen molar-refractivity contribution >= 4 is 29.0 Å². The van der Waals surface area contributed by atoms with Gasteiger partial charge in [-0.25, -0.2) is 14.4 Å². The topological polar surface area (TPSA) is 71.0 Å². The largest absolute Gasteiger partial charge is 0.356 e. The summed E-state index contributed by atoms with van der Waals surface area (Å²) in [5.41, 5.74) is 3.40. The Morgan fingerprint density at radius 1 is 1.13 bits per heavy atom. The Morgan fingerprint density at radius 2 is 1.84 bits per heavy atom. The molecule has 6 nitrogen and oxygen atoms in total. The van der Waals surface area contributed by atoms with Crippen LogP contribution >= 0.6 is 11.6 Å². The van der Waals surface area contributed by atoms with E-state index in [0.717, 1.165) is 35.7 Å². The Hall–Kier alpha value is -3.06. The molecule has 3 heterocycles. The number of aryl methyl sites for hydroxylation is 1. The lowest BCUT2D eigenvalue weighted by Gasteiger charge is -2.33. The number of piperidine rings is 1. The minimum atomic E-state index is -0.505. The first kappa shape index (κ1) is 21.2. The normalized spacial score (nSPS) is 14.5. The van der Waals surface area contributed by atoms with Gasteiger partial charge in [-0.05, 0) is 57.0 Å². The first-order valence-electron chi connectivity index (χ1n) is 10.2. The molecule has 0 atom stereocenters. The standard InChI is InChI=1S/C23H23ClFN5O/c1-14-15(2)27-21(16-5-9-26-10-6-16)29-22(14)30-11-7-17(8-12-30)23(31)28-18-3-4-20(25)19(24)13-18/h3-6,9-10,13,17H,7-8,11-12H2,1-2H3,(H,28,31). The zero-order chi connectivity index (χ0) is 22.0. The number of rotatable bonds is 4. The van der Waals surface area contributed by atoms with Crippen molar-refractivity contribution in [2.75, 3.05) is 23.3 Å². The van der Waals surface area contributed by atoms with Gasteiger partial charge in [0.2, 0.25) is 5.91 Å². The van der Waals surface area contributed by atoms with Gasteiger partial charge in [-0.1, -0.05) is 11.6 Å². The molecule has 0 saturated carbocycles. The summed E-state index contributed by atoms with van der Waals surface area (Å²) in [6.07, 6.45) is 4.86. The Labute approximate surface area is 185 Å². The van der Waals surface area contributed by atoms with Crippen molar-refractivity contribution < 1.29 is 9.18 Å². The lowest BCUT2D eigenvalue weighted by molar-refractivity contribution is -0.120. The van der Waals surface area contributed by atoms with Crippen LogP contribution in [0.15, 0.2) is 42.7 Å². The smallest absolute Gasteiger partial charge is 0.227 e. The summed E-state index contributed by atoms with van der Waals surface area (Å²) < 4.78 is 13.3. The molecule has 0 unspecified atom stereocenters. The maximum absolute atomic E-state index is 13.3. The molecule has 1 saturated heterocycles. The monoisotopic (exact) mass is 439 g/mol. The molecule has 0 radical (unpaired) electrons. The maximum atomic E-state index is 13.3. The van der Waals surface area contributed by atoms with Gasteiger partial charge in [0.05, 0.1) is 5.02 Å². The molecule has 1 aliphatic rings. The Morgan fingerprint density at radius 3 is 2.52 bits per heavy atom. The van der Waals surface area contributed by atoms with Crippen molar-refractivity contribution in [3.8, 4) is 11.4 Å². The zero-order valence-electron chi connectivity index (χ0n) is 17.4. The summed E-state index contributed by atoms with van der Waals surface area (Å²) in [6, 6.07) is 7.99. The van der Waals surface area contributed by atoms with Crippen molar-refractivity contribution in [2.24, 2.45) is 5.92 Å². The predicted octanol–water partition coefficient (Wildman–Crippen LogP) is 4.80. The fraction of sp³-hybridized carbons (Fsp3) is 0.304. The van der Waals surface area contributed by atoms with Crippen molar-refractivity contribution in [1.29, 1.82) is 0 Å². The van der Waals surface area contributed by atoms with Gasteiger partial charge in [-0.15, -0.1) is 0 Å². The summed E-state index contributed by atoms with van der Waals surface area (Å²) >= 11 is 5.81. The molecule has 1 aliphatic heterocycles. The molecule has 1 N–H and O–H groups in total. The SMILES string of the molecule is Cc1nc(-c2ccncc2)nc(N2CCC(C(=O)Nc3ccc(F)c(Cl)c3)CC2)c1C. The van der Waals surface area contributed by atoms with Crippen LogP contribution in [0, 0.1) is 25.6 Å². The van der Waals surface area contributed by atoms with Crippen molar-refractivity contribution in [2.45, 2.75) is 26.7 Å². The van der Waals surface area contributed by atoms with E-state index in [2.05, 4.69) is 20.2 Å². The Balaban J connectivity index is 1.45. The molecule has 2 aromatic heterocycles. The third kappa shape index (κ3) is 4.66. The number of nitrogens with one attached hydrogen (secondary N) is 1. The van der Waals surface area contributed by atoms with Crippen LogP contribution < -0.4 is 10.2 Å². The zero-order valence-corrected chi connectivity index (χ0v) is 18.2. The molecule has 1 fully saturated rings. The molecular weight excluding hydrogens is 417 g/mol. The second-order valence-electron chi connectivity index (χ2n) is 7.70. The lowest BCUT2D eigenvalue weighted by atomic mass is 9.95. The average molecular weight is 440 g/mol. The maximum Gasteiger partial charge on any atom is 0.227 e. The van der Waals surface area contributed by atoms with Crippen LogP contribution in [0.4, 0.5) is 15.9 Å². The van der Waals surface area contributed by atoms with Gasteiger partial charge in [-0.2, -0.15) is 0 Å². The number of anilines is 2. The van der Waals surface area contributed by atoms with Crippen LogP contribution in [0.5, 0.6) is 0 Å². The predicted molar refractivity (Wildman–Crippen MR) is 120 cm³/mol. The fourth-order valence-corrected chi connectivity index (χ4v) is 3.90. The van der Waals surface area contributed by atoms with E-state index in [-0.39, 0.29) is 16.8 Å². The number of carbonyl (C=O) groups is 1. The minimum Gasteiger partial charge on any atom is -0.356 e.